The Balaban J connectivity index is 2.05. The van der Waals surface area contributed by atoms with Gasteiger partial charge in [-0.1, -0.05) is 15.9 Å². The maximum atomic E-state index is 13.7. The Morgan fingerprint density at radius 1 is 1.29 bits per heavy atom. The number of halogens is 2. The van der Waals surface area contributed by atoms with E-state index in [1.165, 1.54) is 12.1 Å². The normalized spacial score (nSPS) is 10.9. The molecule has 0 saturated carbocycles. The fourth-order valence-electron chi connectivity index (χ4n) is 2.61. The molecule has 2 aromatic rings. The lowest BCUT2D eigenvalue weighted by Crippen LogP contribution is -2.13. The van der Waals surface area contributed by atoms with Gasteiger partial charge in [-0.2, -0.15) is 0 Å². The highest BCUT2D eigenvalue weighted by Crippen LogP contribution is 2.22. The molecule has 1 aromatic heterocycles. The van der Waals surface area contributed by atoms with E-state index in [4.69, 9.17) is 9.47 Å². The van der Waals surface area contributed by atoms with Gasteiger partial charge < -0.3 is 14.0 Å². The molecule has 0 aliphatic rings. The predicted molar refractivity (Wildman–Crippen MR) is 94.3 cm³/mol. The van der Waals surface area contributed by atoms with Gasteiger partial charge in [0.2, 0.25) is 5.78 Å². The van der Waals surface area contributed by atoms with Gasteiger partial charge >= 0.3 is 0 Å². The Morgan fingerprint density at radius 3 is 2.71 bits per heavy atom. The van der Waals surface area contributed by atoms with E-state index < -0.39 is 5.82 Å². The van der Waals surface area contributed by atoms with Crippen LogP contribution in [0.4, 0.5) is 4.39 Å². The molecule has 2 rings (SSSR count). The van der Waals surface area contributed by atoms with Gasteiger partial charge in [0.1, 0.15) is 0 Å². The molecule has 4 nitrogen and oxygen atoms in total. The molecule has 6 heteroatoms. The number of hydrogen-bond acceptors (Lipinski definition) is 3. The Labute approximate surface area is 149 Å². The van der Waals surface area contributed by atoms with Crippen LogP contribution in [0.1, 0.15) is 28.2 Å². The van der Waals surface area contributed by atoms with Crippen molar-refractivity contribution in [2.24, 2.45) is 0 Å². The number of benzene rings is 1. The van der Waals surface area contributed by atoms with Gasteiger partial charge in [0.15, 0.2) is 18.2 Å². The van der Waals surface area contributed by atoms with Gasteiger partial charge in [-0.05, 0) is 44.5 Å². The lowest BCUT2D eigenvalue weighted by atomic mass is 10.1. The molecule has 0 aliphatic carbocycles. The van der Waals surface area contributed by atoms with E-state index in [9.17, 15) is 9.18 Å². The monoisotopic (exact) mass is 397 g/mol. The maximum Gasteiger partial charge on any atom is 0.202 e. The lowest BCUT2D eigenvalue weighted by Gasteiger charge is -2.10. The molecular formula is C18H21BrFNO3. The summed E-state index contributed by atoms with van der Waals surface area (Å²) in [5.74, 6) is -0.592. The molecule has 0 bridgehead atoms. The zero-order valence-corrected chi connectivity index (χ0v) is 15.7. The molecule has 0 spiro atoms. The third-order valence-corrected chi connectivity index (χ3v) is 4.35. The van der Waals surface area contributed by atoms with Gasteiger partial charge in [-0.25, -0.2) is 4.39 Å². The van der Waals surface area contributed by atoms with E-state index in [0.717, 1.165) is 24.4 Å². The second-order valence-corrected chi connectivity index (χ2v) is 6.49. The number of methoxy groups -OCH3 is 1. The number of carbonyl (C=O) groups excluding carboxylic acids is 1. The van der Waals surface area contributed by atoms with Crippen molar-refractivity contribution in [1.29, 1.82) is 0 Å². The first-order chi connectivity index (χ1) is 11.4. The van der Waals surface area contributed by atoms with Crippen LogP contribution in [0.15, 0.2) is 28.7 Å². The molecule has 0 fully saturated rings. The molecule has 0 radical (unpaired) electrons. The number of aryl methyl sites for hydroxylation is 1. The zero-order valence-electron chi connectivity index (χ0n) is 14.1. The Kier molecular flexibility index (Phi) is 6.57. The van der Waals surface area contributed by atoms with E-state index >= 15 is 0 Å². The van der Waals surface area contributed by atoms with Crippen LogP contribution >= 0.6 is 15.9 Å². The quantitative estimate of drug-likeness (QED) is 0.492. The van der Waals surface area contributed by atoms with Gasteiger partial charge in [0, 0.05) is 41.7 Å². The van der Waals surface area contributed by atoms with Gasteiger partial charge in [0.05, 0.1) is 0 Å². The summed E-state index contributed by atoms with van der Waals surface area (Å²) in [5.41, 5.74) is 2.53. The fourth-order valence-corrected chi connectivity index (χ4v) is 2.94. The second kappa shape index (κ2) is 8.44. The van der Waals surface area contributed by atoms with Crippen molar-refractivity contribution in [3.63, 3.8) is 0 Å². The van der Waals surface area contributed by atoms with Crippen molar-refractivity contribution in [3.8, 4) is 5.75 Å². The summed E-state index contributed by atoms with van der Waals surface area (Å²) in [6.07, 6.45) is 0.876. The molecule has 0 saturated heterocycles. The van der Waals surface area contributed by atoms with Crippen LogP contribution < -0.4 is 4.74 Å². The van der Waals surface area contributed by atoms with Crippen molar-refractivity contribution in [3.05, 3.63) is 51.5 Å². The SMILES string of the molecule is COCCCn1c(C)cc(C(=O)COc2ccc(Br)cc2F)c1C. The number of hydrogen-bond donors (Lipinski definition) is 0. The van der Waals surface area contributed by atoms with Crippen LogP contribution in [0, 0.1) is 19.7 Å². The highest BCUT2D eigenvalue weighted by molar-refractivity contribution is 9.10. The topological polar surface area (TPSA) is 40.5 Å². The van der Waals surface area contributed by atoms with Crippen LogP contribution in [-0.2, 0) is 11.3 Å². The molecule has 0 aliphatic heterocycles. The summed E-state index contributed by atoms with van der Waals surface area (Å²) in [6.45, 7) is 5.15. The number of carbonyl (C=O) groups is 1. The van der Waals surface area contributed by atoms with Gasteiger partial charge in [-0.3, -0.25) is 4.79 Å². The van der Waals surface area contributed by atoms with Crippen molar-refractivity contribution >= 4 is 21.7 Å². The van der Waals surface area contributed by atoms with Crippen LogP contribution in [-0.4, -0.2) is 30.7 Å². The lowest BCUT2D eigenvalue weighted by molar-refractivity contribution is 0.0918. The number of Topliss-reactive ketones (excluding diaryl/α,β-unsaturated/α-hetero) is 1. The van der Waals surface area contributed by atoms with E-state index in [1.54, 1.807) is 13.2 Å². The van der Waals surface area contributed by atoms with Crippen LogP contribution in [0.2, 0.25) is 0 Å². The molecule has 1 aromatic carbocycles. The maximum absolute atomic E-state index is 13.7. The summed E-state index contributed by atoms with van der Waals surface area (Å²) in [5, 5.41) is 0. The van der Waals surface area contributed by atoms with E-state index in [0.29, 0.717) is 16.6 Å². The van der Waals surface area contributed by atoms with E-state index in [2.05, 4.69) is 20.5 Å². The first-order valence-electron chi connectivity index (χ1n) is 7.70. The standard InChI is InChI=1S/C18H21BrFNO3/c1-12-9-15(13(2)21(12)7-4-8-23-3)17(22)11-24-18-6-5-14(19)10-16(18)20/h5-6,9-10H,4,7-8,11H2,1-3H3. The second-order valence-electron chi connectivity index (χ2n) is 5.57. The largest absolute Gasteiger partial charge is 0.482 e. The summed E-state index contributed by atoms with van der Waals surface area (Å²) in [7, 11) is 1.67. The minimum absolute atomic E-state index is 0.0699. The first-order valence-corrected chi connectivity index (χ1v) is 8.50. The van der Waals surface area contributed by atoms with Crippen LogP contribution in [0.5, 0.6) is 5.75 Å². The molecule has 130 valence electrons. The van der Waals surface area contributed by atoms with Crippen molar-refractivity contribution < 1.29 is 18.7 Å². The average Bonchev–Trinajstić information content (AvgIpc) is 2.82. The van der Waals surface area contributed by atoms with Crippen molar-refractivity contribution in [2.45, 2.75) is 26.8 Å². The Morgan fingerprint density at radius 2 is 2.04 bits per heavy atom. The Bertz CT molecular complexity index is 727. The number of aromatic nitrogens is 1. The summed E-state index contributed by atoms with van der Waals surface area (Å²) in [4.78, 5) is 12.4. The fraction of sp³-hybridized carbons (Fsp3) is 0.389. The molecule has 24 heavy (non-hydrogen) atoms. The summed E-state index contributed by atoms with van der Waals surface area (Å²) < 4.78 is 26.9. The molecular weight excluding hydrogens is 377 g/mol. The Hall–Kier alpha value is -1.66. The third kappa shape index (κ3) is 4.45. The number of ether oxygens (including phenoxy) is 2. The summed E-state index contributed by atoms with van der Waals surface area (Å²) >= 11 is 3.18. The zero-order chi connectivity index (χ0) is 17.7. The average molecular weight is 398 g/mol. The van der Waals surface area contributed by atoms with Gasteiger partial charge in [0.25, 0.3) is 0 Å². The number of nitrogens with zero attached hydrogens (tertiary/aromatic N) is 1. The highest BCUT2D eigenvalue weighted by Gasteiger charge is 2.17. The molecule has 0 amide bonds. The van der Waals surface area contributed by atoms with Crippen LogP contribution in [0.3, 0.4) is 0 Å². The molecule has 0 N–H and O–H groups in total. The molecule has 1 heterocycles. The first kappa shape index (κ1) is 18.7. The number of ketones is 1. The minimum atomic E-state index is -0.498. The summed E-state index contributed by atoms with van der Waals surface area (Å²) in [6, 6.07) is 6.33. The highest BCUT2D eigenvalue weighted by atomic mass is 79.9. The number of rotatable bonds is 8. The molecule has 0 unspecified atom stereocenters. The van der Waals surface area contributed by atoms with E-state index in [-0.39, 0.29) is 18.1 Å². The van der Waals surface area contributed by atoms with Crippen LogP contribution in [0.25, 0.3) is 0 Å². The molecule has 0 atom stereocenters. The smallest absolute Gasteiger partial charge is 0.202 e. The predicted octanol–water partition coefficient (Wildman–Crippen LogP) is 4.30. The van der Waals surface area contributed by atoms with Crippen molar-refractivity contribution in [1.82, 2.24) is 4.57 Å². The van der Waals surface area contributed by atoms with Gasteiger partial charge in [-0.15, -0.1) is 0 Å². The van der Waals surface area contributed by atoms with E-state index in [1.807, 2.05) is 19.9 Å². The third-order valence-electron chi connectivity index (χ3n) is 3.86. The van der Waals surface area contributed by atoms with Crippen molar-refractivity contribution in [2.75, 3.05) is 20.3 Å². The minimum Gasteiger partial charge on any atom is -0.482 e.